The van der Waals surface area contributed by atoms with Crippen LogP contribution in [0, 0.1) is 6.92 Å². The third-order valence-corrected chi connectivity index (χ3v) is 4.22. The number of carbonyl (C=O) groups is 1. The van der Waals surface area contributed by atoms with Crippen molar-refractivity contribution < 1.29 is 4.79 Å². The van der Waals surface area contributed by atoms with E-state index in [1.165, 1.54) is 0 Å². The smallest absolute Gasteiger partial charge is 0.222 e. The summed E-state index contributed by atoms with van der Waals surface area (Å²) in [7, 11) is 0. The molecule has 6 nitrogen and oxygen atoms in total. The number of aryl methyl sites for hydroxylation is 1. The van der Waals surface area contributed by atoms with Gasteiger partial charge in [-0.25, -0.2) is 15.0 Å². The topological polar surface area (TPSA) is 71.0 Å². The molecule has 0 aromatic carbocycles. The van der Waals surface area contributed by atoms with E-state index in [0.717, 1.165) is 43.1 Å². The number of piperidine rings is 1. The third-order valence-electron chi connectivity index (χ3n) is 4.22. The van der Waals surface area contributed by atoms with Crippen molar-refractivity contribution in [2.45, 2.75) is 45.6 Å². The SMILES string of the molecule is CCC(=O)N1CCCCC1c1nc(C)cc(Nc2ccccn2)n1. The maximum absolute atomic E-state index is 12.3. The van der Waals surface area contributed by atoms with Crippen LogP contribution < -0.4 is 5.32 Å². The summed E-state index contributed by atoms with van der Waals surface area (Å²) in [4.78, 5) is 27.7. The highest BCUT2D eigenvalue weighted by molar-refractivity contribution is 5.76. The fraction of sp³-hybridized carbons (Fsp3) is 0.444. The van der Waals surface area contributed by atoms with Crippen LogP contribution in [0.4, 0.5) is 11.6 Å². The first kappa shape index (κ1) is 16.4. The standard InChI is InChI=1S/C18H23N5O/c1-3-17(24)23-11-7-5-8-14(23)18-20-13(2)12-16(22-18)21-15-9-4-6-10-19-15/h4,6,9-10,12,14H,3,5,7-8,11H2,1-2H3,(H,19,20,21,22). The maximum atomic E-state index is 12.3. The van der Waals surface area contributed by atoms with Crippen LogP contribution in [-0.2, 0) is 4.79 Å². The van der Waals surface area contributed by atoms with E-state index in [-0.39, 0.29) is 11.9 Å². The summed E-state index contributed by atoms with van der Waals surface area (Å²) in [5.41, 5.74) is 0.882. The minimum absolute atomic E-state index is 0.0321. The average Bonchev–Trinajstić information content (AvgIpc) is 2.61. The minimum atomic E-state index is -0.0321. The van der Waals surface area contributed by atoms with Gasteiger partial charge in [-0.05, 0) is 38.3 Å². The Morgan fingerprint density at radius 3 is 2.92 bits per heavy atom. The molecule has 0 aliphatic carbocycles. The molecule has 1 unspecified atom stereocenters. The van der Waals surface area contributed by atoms with E-state index in [1.54, 1.807) is 6.20 Å². The number of pyridine rings is 1. The van der Waals surface area contributed by atoms with Crippen LogP contribution in [0.5, 0.6) is 0 Å². The van der Waals surface area contributed by atoms with Crippen molar-refractivity contribution in [2.24, 2.45) is 0 Å². The van der Waals surface area contributed by atoms with Gasteiger partial charge >= 0.3 is 0 Å². The molecule has 1 aliphatic heterocycles. The second-order valence-electron chi connectivity index (χ2n) is 6.05. The number of aromatic nitrogens is 3. The Hall–Kier alpha value is -2.50. The van der Waals surface area contributed by atoms with Crippen molar-refractivity contribution >= 4 is 17.5 Å². The number of nitrogens with zero attached hydrogens (tertiary/aromatic N) is 4. The lowest BCUT2D eigenvalue weighted by molar-refractivity contribution is -0.134. The van der Waals surface area contributed by atoms with Gasteiger partial charge in [0.15, 0.2) is 5.82 Å². The fourth-order valence-electron chi connectivity index (χ4n) is 3.07. The molecule has 1 saturated heterocycles. The van der Waals surface area contributed by atoms with E-state index >= 15 is 0 Å². The summed E-state index contributed by atoms with van der Waals surface area (Å²) in [6, 6.07) is 7.55. The van der Waals surface area contributed by atoms with E-state index < -0.39 is 0 Å². The van der Waals surface area contributed by atoms with Gasteiger partial charge in [0.05, 0.1) is 6.04 Å². The fourth-order valence-corrected chi connectivity index (χ4v) is 3.07. The van der Waals surface area contributed by atoms with Crippen molar-refractivity contribution in [3.63, 3.8) is 0 Å². The predicted molar refractivity (Wildman–Crippen MR) is 92.9 cm³/mol. The number of hydrogen-bond donors (Lipinski definition) is 1. The van der Waals surface area contributed by atoms with Gasteiger partial charge in [-0.15, -0.1) is 0 Å². The Bertz CT molecular complexity index is 704. The van der Waals surface area contributed by atoms with Gasteiger partial charge in [-0.1, -0.05) is 13.0 Å². The molecule has 1 N–H and O–H groups in total. The van der Waals surface area contributed by atoms with Crippen LogP contribution in [0.25, 0.3) is 0 Å². The molecule has 1 fully saturated rings. The molecule has 0 radical (unpaired) electrons. The molecular weight excluding hydrogens is 302 g/mol. The predicted octanol–water partition coefficient (Wildman–Crippen LogP) is 3.39. The Balaban J connectivity index is 1.88. The Morgan fingerprint density at radius 2 is 2.17 bits per heavy atom. The van der Waals surface area contributed by atoms with Crippen molar-refractivity contribution in [3.8, 4) is 0 Å². The van der Waals surface area contributed by atoms with Crippen LogP contribution in [0.15, 0.2) is 30.5 Å². The van der Waals surface area contributed by atoms with Crippen molar-refractivity contribution in [2.75, 3.05) is 11.9 Å². The summed E-state index contributed by atoms with van der Waals surface area (Å²) in [5.74, 6) is 2.34. The van der Waals surface area contributed by atoms with Gasteiger partial charge in [0.1, 0.15) is 11.6 Å². The normalized spacial score (nSPS) is 17.6. The number of anilines is 2. The van der Waals surface area contributed by atoms with E-state index in [2.05, 4.69) is 20.3 Å². The lowest BCUT2D eigenvalue weighted by Crippen LogP contribution is -2.39. The number of rotatable bonds is 4. The van der Waals surface area contributed by atoms with Gasteiger partial charge < -0.3 is 10.2 Å². The van der Waals surface area contributed by atoms with Crippen LogP contribution in [-0.4, -0.2) is 32.3 Å². The summed E-state index contributed by atoms with van der Waals surface area (Å²) in [5, 5.41) is 3.22. The van der Waals surface area contributed by atoms with Crippen LogP contribution in [0.1, 0.15) is 50.2 Å². The molecule has 6 heteroatoms. The first-order valence-electron chi connectivity index (χ1n) is 8.50. The molecular formula is C18H23N5O. The molecule has 0 saturated carbocycles. The highest BCUT2D eigenvalue weighted by atomic mass is 16.2. The molecule has 126 valence electrons. The van der Waals surface area contributed by atoms with Crippen molar-refractivity contribution in [3.05, 3.63) is 42.0 Å². The molecule has 2 aromatic rings. The summed E-state index contributed by atoms with van der Waals surface area (Å²) < 4.78 is 0. The molecule has 3 heterocycles. The zero-order valence-electron chi connectivity index (χ0n) is 14.2. The highest BCUT2D eigenvalue weighted by Crippen LogP contribution is 2.30. The maximum Gasteiger partial charge on any atom is 0.222 e. The molecule has 1 aliphatic rings. The molecule has 1 atom stereocenters. The summed E-state index contributed by atoms with van der Waals surface area (Å²) in [6.45, 7) is 4.64. The molecule has 0 spiro atoms. The van der Waals surface area contributed by atoms with E-state index in [1.807, 2.05) is 43.0 Å². The highest BCUT2D eigenvalue weighted by Gasteiger charge is 2.29. The first-order chi connectivity index (χ1) is 11.7. The van der Waals surface area contributed by atoms with Crippen LogP contribution >= 0.6 is 0 Å². The van der Waals surface area contributed by atoms with Gasteiger partial charge in [-0.2, -0.15) is 0 Å². The molecule has 1 amide bonds. The quantitative estimate of drug-likeness (QED) is 0.933. The lowest BCUT2D eigenvalue weighted by Gasteiger charge is -2.34. The Kier molecular flexibility index (Phi) is 5.03. The van der Waals surface area contributed by atoms with E-state index in [4.69, 9.17) is 0 Å². The Labute approximate surface area is 142 Å². The summed E-state index contributed by atoms with van der Waals surface area (Å²) in [6.07, 6.45) is 5.31. The largest absolute Gasteiger partial charge is 0.332 e. The van der Waals surface area contributed by atoms with Gasteiger partial charge in [0.25, 0.3) is 0 Å². The van der Waals surface area contributed by atoms with Crippen molar-refractivity contribution in [1.29, 1.82) is 0 Å². The number of likely N-dealkylation sites (tertiary alicyclic amines) is 1. The van der Waals surface area contributed by atoms with Gasteiger partial charge in [-0.3, -0.25) is 4.79 Å². The lowest BCUT2D eigenvalue weighted by atomic mass is 10.0. The zero-order valence-corrected chi connectivity index (χ0v) is 14.2. The summed E-state index contributed by atoms with van der Waals surface area (Å²) >= 11 is 0. The van der Waals surface area contributed by atoms with Crippen molar-refractivity contribution in [1.82, 2.24) is 19.9 Å². The number of nitrogens with one attached hydrogen (secondary N) is 1. The van der Waals surface area contributed by atoms with E-state index in [9.17, 15) is 4.79 Å². The second kappa shape index (κ2) is 7.38. The number of amides is 1. The molecule has 24 heavy (non-hydrogen) atoms. The van der Waals surface area contributed by atoms with Crippen LogP contribution in [0.2, 0.25) is 0 Å². The van der Waals surface area contributed by atoms with Gasteiger partial charge in [0, 0.05) is 30.9 Å². The number of carbonyl (C=O) groups excluding carboxylic acids is 1. The van der Waals surface area contributed by atoms with E-state index in [0.29, 0.717) is 12.2 Å². The average molecular weight is 325 g/mol. The monoisotopic (exact) mass is 325 g/mol. The first-order valence-corrected chi connectivity index (χ1v) is 8.50. The zero-order chi connectivity index (χ0) is 16.9. The van der Waals surface area contributed by atoms with Crippen LogP contribution in [0.3, 0.4) is 0 Å². The minimum Gasteiger partial charge on any atom is -0.332 e. The Morgan fingerprint density at radius 1 is 1.29 bits per heavy atom. The molecule has 0 bridgehead atoms. The van der Waals surface area contributed by atoms with Gasteiger partial charge in [0.2, 0.25) is 5.91 Å². The molecule has 3 rings (SSSR count). The molecule has 2 aromatic heterocycles. The third kappa shape index (κ3) is 3.69. The number of hydrogen-bond acceptors (Lipinski definition) is 5. The second-order valence-corrected chi connectivity index (χ2v) is 6.05.